The normalized spacial score (nSPS) is 12.3. The third-order valence-electron chi connectivity index (χ3n) is 3.25. The summed E-state index contributed by atoms with van der Waals surface area (Å²) < 4.78 is 1.26. The lowest BCUT2D eigenvalue weighted by Gasteiger charge is -2.12. The number of amides is 1. The molecule has 0 aliphatic carbocycles. The van der Waals surface area contributed by atoms with Gasteiger partial charge in [-0.05, 0) is 31.9 Å². The molecule has 0 saturated heterocycles. The van der Waals surface area contributed by atoms with Crippen LogP contribution < -0.4 is 10.9 Å². The minimum Gasteiger partial charge on any atom is -0.493 e. The Kier molecular flexibility index (Phi) is 3.74. The number of pyridine rings is 1. The van der Waals surface area contributed by atoms with E-state index in [0.29, 0.717) is 5.65 Å². The van der Waals surface area contributed by atoms with Crippen molar-refractivity contribution < 1.29 is 9.90 Å². The molecule has 0 fully saturated rings. The fraction of sp³-hybridized carbons (Fsp3) is 0.357. The number of hydrogen-bond acceptors (Lipinski definition) is 4. The third kappa shape index (κ3) is 2.36. The summed E-state index contributed by atoms with van der Waals surface area (Å²) in [5.41, 5.74) is 0.189. The lowest BCUT2D eigenvalue weighted by Crippen LogP contribution is -2.36. The number of rotatable bonds is 3. The summed E-state index contributed by atoms with van der Waals surface area (Å²) in [5, 5.41) is 12.5. The van der Waals surface area contributed by atoms with Crippen molar-refractivity contribution >= 4 is 11.6 Å². The minimum atomic E-state index is -0.606. The number of aromatic hydroxyl groups is 1. The lowest BCUT2D eigenvalue weighted by atomic mass is 10.2. The number of hydrogen-bond donors (Lipinski definition) is 2. The predicted octanol–water partition coefficient (Wildman–Crippen LogP) is 1.24. The van der Waals surface area contributed by atoms with Crippen molar-refractivity contribution in [3.63, 3.8) is 0 Å². The van der Waals surface area contributed by atoms with E-state index in [4.69, 9.17) is 0 Å². The summed E-state index contributed by atoms with van der Waals surface area (Å²) in [7, 11) is 0. The van der Waals surface area contributed by atoms with E-state index >= 15 is 0 Å². The monoisotopic (exact) mass is 275 g/mol. The van der Waals surface area contributed by atoms with Gasteiger partial charge in [0.15, 0.2) is 5.56 Å². The Morgan fingerprint density at radius 3 is 2.90 bits per heavy atom. The zero-order chi connectivity index (χ0) is 14.9. The summed E-state index contributed by atoms with van der Waals surface area (Å²) in [6.07, 6.45) is 2.26. The molecule has 2 aromatic rings. The van der Waals surface area contributed by atoms with Crippen molar-refractivity contribution in [1.82, 2.24) is 14.7 Å². The zero-order valence-electron chi connectivity index (χ0n) is 11.7. The molecule has 2 N–H and O–H groups in total. The molecule has 6 heteroatoms. The van der Waals surface area contributed by atoms with Crippen LogP contribution in [0.2, 0.25) is 0 Å². The molecule has 6 nitrogen and oxygen atoms in total. The molecule has 0 spiro atoms. The number of aryl methyl sites for hydroxylation is 1. The first kappa shape index (κ1) is 14.0. The highest BCUT2D eigenvalue weighted by Gasteiger charge is 2.21. The summed E-state index contributed by atoms with van der Waals surface area (Å²) >= 11 is 0. The molecule has 0 bridgehead atoms. The first-order valence-electron chi connectivity index (χ1n) is 6.47. The van der Waals surface area contributed by atoms with Crippen LogP contribution in [0.5, 0.6) is 5.88 Å². The van der Waals surface area contributed by atoms with Crippen LogP contribution in [0, 0.1) is 6.92 Å². The van der Waals surface area contributed by atoms with Crippen molar-refractivity contribution in [2.75, 3.05) is 0 Å². The van der Waals surface area contributed by atoms with Gasteiger partial charge in [-0.25, -0.2) is 0 Å². The maximum absolute atomic E-state index is 12.3. The molecule has 2 heterocycles. The third-order valence-corrected chi connectivity index (χ3v) is 3.25. The number of aromatic nitrogens is 2. The first-order chi connectivity index (χ1) is 9.45. The van der Waals surface area contributed by atoms with E-state index in [1.165, 1.54) is 10.6 Å². The van der Waals surface area contributed by atoms with Crippen molar-refractivity contribution in [2.45, 2.75) is 33.2 Å². The highest BCUT2D eigenvalue weighted by molar-refractivity contribution is 5.96. The Morgan fingerprint density at radius 1 is 1.55 bits per heavy atom. The van der Waals surface area contributed by atoms with Crippen LogP contribution in [0.25, 0.3) is 5.65 Å². The Balaban J connectivity index is 2.61. The molecule has 106 valence electrons. The van der Waals surface area contributed by atoms with Gasteiger partial charge >= 0.3 is 0 Å². The highest BCUT2D eigenvalue weighted by atomic mass is 16.3. The molecule has 0 radical (unpaired) electrons. The Morgan fingerprint density at radius 2 is 2.25 bits per heavy atom. The van der Waals surface area contributed by atoms with Crippen LogP contribution in [-0.4, -0.2) is 26.4 Å². The number of nitrogens with one attached hydrogen (secondary N) is 1. The smallest absolute Gasteiger partial charge is 0.274 e. The van der Waals surface area contributed by atoms with Gasteiger partial charge in [0.05, 0.1) is 0 Å². The first-order valence-corrected chi connectivity index (χ1v) is 6.47. The van der Waals surface area contributed by atoms with E-state index in [-0.39, 0.29) is 11.6 Å². The summed E-state index contributed by atoms with van der Waals surface area (Å²) in [5.74, 6) is -1.14. The van der Waals surface area contributed by atoms with Crippen molar-refractivity contribution in [3.8, 4) is 5.88 Å². The van der Waals surface area contributed by atoms with E-state index in [1.807, 2.05) is 13.8 Å². The maximum Gasteiger partial charge on any atom is 0.274 e. The summed E-state index contributed by atoms with van der Waals surface area (Å²) in [4.78, 5) is 28.3. The Bertz CT molecular complexity index is 721. The second kappa shape index (κ2) is 5.32. The molecule has 1 atom stereocenters. The fourth-order valence-corrected chi connectivity index (χ4v) is 1.88. The molecular weight excluding hydrogens is 258 g/mol. The number of fused-ring (bicyclic) bond motifs is 1. The van der Waals surface area contributed by atoms with Gasteiger partial charge < -0.3 is 10.4 Å². The van der Waals surface area contributed by atoms with Crippen LogP contribution in [-0.2, 0) is 0 Å². The molecule has 2 aromatic heterocycles. The molecular formula is C14H17N3O3. The molecule has 0 aromatic carbocycles. The minimum absolute atomic E-state index is 0.0838. The van der Waals surface area contributed by atoms with Crippen LogP contribution in [0.3, 0.4) is 0 Å². The zero-order valence-corrected chi connectivity index (χ0v) is 11.7. The van der Waals surface area contributed by atoms with Crippen LogP contribution >= 0.6 is 0 Å². The topological polar surface area (TPSA) is 83.7 Å². The van der Waals surface area contributed by atoms with E-state index in [9.17, 15) is 14.7 Å². The molecule has 20 heavy (non-hydrogen) atoms. The van der Waals surface area contributed by atoms with Crippen molar-refractivity contribution in [3.05, 3.63) is 39.8 Å². The summed E-state index contributed by atoms with van der Waals surface area (Å²) in [6.45, 7) is 5.52. The second-order valence-electron chi connectivity index (χ2n) is 4.78. The van der Waals surface area contributed by atoms with Gasteiger partial charge in [0.2, 0.25) is 5.88 Å². The van der Waals surface area contributed by atoms with E-state index < -0.39 is 17.3 Å². The quantitative estimate of drug-likeness (QED) is 0.882. The van der Waals surface area contributed by atoms with Gasteiger partial charge in [-0.15, -0.1) is 0 Å². The van der Waals surface area contributed by atoms with Gasteiger partial charge in [-0.1, -0.05) is 13.0 Å². The Labute approximate surface area is 116 Å². The van der Waals surface area contributed by atoms with Crippen molar-refractivity contribution in [2.24, 2.45) is 0 Å². The maximum atomic E-state index is 12.3. The largest absolute Gasteiger partial charge is 0.493 e. The van der Waals surface area contributed by atoms with Gasteiger partial charge in [0.25, 0.3) is 11.5 Å². The predicted molar refractivity (Wildman–Crippen MR) is 75.1 cm³/mol. The van der Waals surface area contributed by atoms with E-state index in [2.05, 4.69) is 10.3 Å². The number of nitrogens with zero attached hydrogens (tertiary/aromatic N) is 2. The van der Waals surface area contributed by atoms with E-state index in [0.717, 1.165) is 12.0 Å². The molecule has 0 unspecified atom stereocenters. The van der Waals surface area contributed by atoms with Crippen LogP contribution in [0.4, 0.5) is 0 Å². The van der Waals surface area contributed by atoms with Gasteiger partial charge in [-0.3, -0.25) is 14.0 Å². The van der Waals surface area contributed by atoms with Gasteiger partial charge in [0.1, 0.15) is 5.65 Å². The number of carbonyl (C=O) groups is 1. The van der Waals surface area contributed by atoms with Crippen molar-refractivity contribution in [1.29, 1.82) is 0 Å². The van der Waals surface area contributed by atoms with Crippen LogP contribution in [0.1, 0.15) is 36.2 Å². The average Bonchev–Trinajstić information content (AvgIpc) is 2.40. The molecule has 1 amide bonds. The Hall–Kier alpha value is -2.37. The van der Waals surface area contributed by atoms with Gasteiger partial charge in [-0.2, -0.15) is 4.98 Å². The highest BCUT2D eigenvalue weighted by Crippen LogP contribution is 2.13. The van der Waals surface area contributed by atoms with E-state index in [1.54, 1.807) is 19.1 Å². The second-order valence-corrected chi connectivity index (χ2v) is 4.78. The molecule has 2 rings (SSSR count). The standard InChI is InChI=1S/C14H17N3O3/c1-4-9(3)15-12(18)10-13(19)16-11-8(2)6-5-7-17(11)14(10)20/h5-7,9,19H,4H2,1-3H3,(H,15,18)/t9-/m1/s1. The molecule has 0 aliphatic rings. The average molecular weight is 275 g/mol. The fourth-order valence-electron chi connectivity index (χ4n) is 1.88. The number of carbonyl (C=O) groups excluding carboxylic acids is 1. The SMILES string of the molecule is CC[C@@H](C)NC(=O)c1c(O)nc2c(C)cccn2c1=O. The van der Waals surface area contributed by atoms with Crippen LogP contribution in [0.15, 0.2) is 23.1 Å². The summed E-state index contributed by atoms with van der Waals surface area (Å²) in [6, 6.07) is 3.39. The molecule has 0 aliphatic heterocycles. The molecule has 0 saturated carbocycles. The lowest BCUT2D eigenvalue weighted by molar-refractivity contribution is 0.0934. The van der Waals surface area contributed by atoms with Gasteiger partial charge in [0, 0.05) is 12.2 Å².